The van der Waals surface area contributed by atoms with Crippen molar-refractivity contribution in [3.8, 4) is 17.2 Å². The van der Waals surface area contributed by atoms with Gasteiger partial charge in [0.1, 0.15) is 16.4 Å². The minimum Gasteiger partial charge on any atom is -0.497 e. The summed E-state index contributed by atoms with van der Waals surface area (Å²) >= 11 is 0. The summed E-state index contributed by atoms with van der Waals surface area (Å²) < 4.78 is 44.9. The molecule has 1 aromatic heterocycles. The summed E-state index contributed by atoms with van der Waals surface area (Å²) in [7, 11) is -1.07. The predicted molar refractivity (Wildman–Crippen MR) is 110 cm³/mol. The number of benzene rings is 2. The number of rotatable bonds is 8. The molecule has 0 aliphatic carbocycles. The first-order chi connectivity index (χ1) is 14.4. The number of methoxy groups -OCH3 is 2. The smallest absolute Gasteiger partial charge is 0.358 e. The van der Waals surface area contributed by atoms with Crippen molar-refractivity contribution in [3.05, 3.63) is 60.4 Å². The van der Waals surface area contributed by atoms with Crippen molar-refractivity contribution in [3.63, 3.8) is 0 Å². The number of carbonyl (C=O) groups is 1. The van der Waals surface area contributed by atoms with E-state index in [4.69, 9.17) is 14.2 Å². The van der Waals surface area contributed by atoms with Crippen LogP contribution >= 0.6 is 0 Å². The third kappa shape index (κ3) is 4.54. The van der Waals surface area contributed by atoms with Crippen molar-refractivity contribution < 1.29 is 27.4 Å². The van der Waals surface area contributed by atoms with Crippen LogP contribution in [0.25, 0.3) is 5.69 Å². The van der Waals surface area contributed by atoms with Crippen LogP contribution in [0, 0.1) is 0 Å². The van der Waals surface area contributed by atoms with Gasteiger partial charge in [-0.05, 0) is 49.4 Å². The molecule has 3 rings (SSSR count). The fraction of sp³-hybridized carbons (Fsp3) is 0.200. The highest BCUT2D eigenvalue weighted by Gasteiger charge is 2.21. The molecule has 0 saturated carbocycles. The van der Waals surface area contributed by atoms with E-state index >= 15 is 0 Å². The maximum atomic E-state index is 12.8. The number of aromatic nitrogens is 2. The Morgan fingerprint density at radius 2 is 1.80 bits per heavy atom. The van der Waals surface area contributed by atoms with Crippen LogP contribution in [0.15, 0.2) is 59.6 Å². The lowest BCUT2D eigenvalue weighted by atomic mass is 10.3. The zero-order valence-electron chi connectivity index (χ0n) is 16.7. The Hall–Kier alpha value is -3.53. The fourth-order valence-corrected chi connectivity index (χ4v) is 3.91. The third-order valence-corrected chi connectivity index (χ3v) is 5.52. The molecule has 3 aromatic rings. The number of carbonyl (C=O) groups excluding carboxylic acids is 1. The molecule has 0 fully saturated rings. The van der Waals surface area contributed by atoms with Crippen LogP contribution in [0.3, 0.4) is 0 Å². The van der Waals surface area contributed by atoms with Crippen LogP contribution in [-0.2, 0) is 14.8 Å². The summed E-state index contributed by atoms with van der Waals surface area (Å²) in [4.78, 5) is 11.7. The molecule has 158 valence electrons. The monoisotopic (exact) mass is 431 g/mol. The van der Waals surface area contributed by atoms with Gasteiger partial charge in [0.15, 0.2) is 5.69 Å². The number of nitrogens with zero attached hydrogens (tertiary/aromatic N) is 2. The Labute approximate surface area is 174 Å². The van der Waals surface area contributed by atoms with Gasteiger partial charge in [0.2, 0.25) is 0 Å². The fourth-order valence-electron chi connectivity index (χ4n) is 2.67. The van der Waals surface area contributed by atoms with Gasteiger partial charge in [0.05, 0.1) is 26.5 Å². The molecular weight excluding hydrogens is 410 g/mol. The number of hydrogen-bond acceptors (Lipinski definition) is 7. The molecule has 9 nitrogen and oxygen atoms in total. The molecule has 0 amide bonds. The maximum Gasteiger partial charge on any atom is 0.358 e. The van der Waals surface area contributed by atoms with Gasteiger partial charge in [-0.3, -0.25) is 4.72 Å². The lowest BCUT2D eigenvalue weighted by Gasteiger charge is -2.13. The van der Waals surface area contributed by atoms with Crippen molar-refractivity contribution in [2.45, 2.75) is 11.8 Å². The topological polar surface area (TPSA) is 109 Å². The van der Waals surface area contributed by atoms with Crippen molar-refractivity contribution >= 4 is 21.7 Å². The van der Waals surface area contributed by atoms with E-state index in [0.717, 1.165) is 0 Å². The molecule has 0 unspecified atom stereocenters. The van der Waals surface area contributed by atoms with Crippen LogP contribution in [0.5, 0.6) is 11.5 Å². The molecule has 0 spiro atoms. The highest BCUT2D eigenvalue weighted by molar-refractivity contribution is 7.92. The normalized spacial score (nSPS) is 11.0. The zero-order valence-corrected chi connectivity index (χ0v) is 17.5. The minimum absolute atomic E-state index is 0.0421. The predicted octanol–water partition coefficient (Wildman–Crippen LogP) is 2.87. The Morgan fingerprint density at radius 3 is 2.43 bits per heavy atom. The second-order valence-corrected chi connectivity index (χ2v) is 7.69. The van der Waals surface area contributed by atoms with Crippen molar-refractivity contribution in [1.29, 1.82) is 0 Å². The van der Waals surface area contributed by atoms with Gasteiger partial charge in [-0.25, -0.2) is 17.9 Å². The van der Waals surface area contributed by atoms with E-state index in [9.17, 15) is 13.2 Å². The van der Waals surface area contributed by atoms with Crippen molar-refractivity contribution in [1.82, 2.24) is 9.78 Å². The molecule has 1 N–H and O–H groups in total. The van der Waals surface area contributed by atoms with Crippen LogP contribution in [0.4, 0.5) is 5.69 Å². The summed E-state index contributed by atoms with van der Waals surface area (Å²) in [6, 6.07) is 12.6. The van der Waals surface area contributed by atoms with E-state index in [1.165, 1.54) is 31.0 Å². The van der Waals surface area contributed by atoms with E-state index in [2.05, 4.69) is 9.82 Å². The number of nitrogens with one attached hydrogen (secondary N) is 1. The van der Waals surface area contributed by atoms with Gasteiger partial charge >= 0.3 is 5.97 Å². The van der Waals surface area contributed by atoms with Crippen molar-refractivity contribution in [2.24, 2.45) is 0 Å². The Bertz CT molecular complexity index is 1140. The van der Waals surface area contributed by atoms with E-state index in [-0.39, 0.29) is 22.9 Å². The molecular formula is C20H21N3O6S. The summed E-state index contributed by atoms with van der Waals surface area (Å²) in [6.45, 7) is 1.98. The lowest BCUT2D eigenvalue weighted by Crippen LogP contribution is -2.14. The lowest BCUT2D eigenvalue weighted by molar-refractivity contribution is 0.0519. The second-order valence-electron chi connectivity index (χ2n) is 6.04. The summed E-state index contributed by atoms with van der Waals surface area (Å²) in [6.07, 6.45) is 1.62. The van der Waals surface area contributed by atoms with E-state index in [0.29, 0.717) is 17.1 Å². The summed E-state index contributed by atoms with van der Waals surface area (Å²) in [5.41, 5.74) is 1.18. The van der Waals surface area contributed by atoms with Gasteiger partial charge in [0.25, 0.3) is 10.0 Å². The van der Waals surface area contributed by atoms with Gasteiger partial charge in [0, 0.05) is 18.0 Å². The van der Waals surface area contributed by atoms with Gasteiger partial charge in [-0.1, -0.05) is 0 Å². The minimum atomic E-state index is -3.92. The summed E-state index contributed by atoms with van der Waals surface area (Å²) in [5, 5.41) is 4.17. The SMILES string of the molecule is CCOC(=O)c1ccn(-c2ccc(NS(=O)(=O)c3cc(OC)ccc3OC)cc2)n1. The number of sulfonamides is 1. The molecule has 1 heterocycles. The van der Waals surface area contributed by atoms with Crippen LogP contribution < -0.4 is 14.2 Å². The van der Waals surface area contributed by atoms with E-state index in [1.807, 2.05) is 0 Å². The quantitative estimate of drug-likeness (QED) is 0.546. The first kappa shape index (κ1) is 21.2. The van der Waals surface area contributed by atoms with Gasteiger partial charge in [-0.15, -0.1) is 0 Å². The van der Waals surface area contributed by atoms with Crippen LogP contribution in [0.1, 0.15) is 17.4 Å². The average molecular weight is 431 g/mol. The van der Waals surface area contributed by atoms with Gasteiger partial charge in [-0.2, -0.15) is 5.10 Å². The molecule has 10 heteroatoms. The third-order valence-electron chi connectivity index (χ3n) is 4.12. The van der Waals surface area contributed by atoms with Crippen LogP contribution in [0.2, 0.25) is 0 Å². The molecule has 0 saturated heterocycles. The van der Waals surface area contributed by atoms with Crippen LogP contribution in [-0.4, -0.2) is 45.0 Å². The largest absolute Gasteiger partial charge is 0.497 e. The zero-order chi connectivity index (χ0) is 21.7. The molecule has 0 aliphatic heterocycles. The number of hydrogen-bond donors (Lipinski definition) is 1. The van der Waals surface area contributed by atoms with Crippen molar-refractivity contribution in [2.75, 3.05) is 25.5 Å². The first-order valence-corrected chi connectivity index (χ1v) is 10.4. The standard InChI is InChI=1S/C20H21N3O6S/c1-4-29-20(24)17-11-12-23(21-17)15-7-5-14(6-8-15)22-30(25,26)19-13-16(27-2)9-10-18(19)28-3/h5-13,22H,4H2,1-3H3. The number of ether oxygens (including phenoxy) is 3. The Kier molecular flexibility index (Phi) is 6.26. The number of anilines is 1. The molecule has 30 heavy (non-hydrogen) atoms. The molecule has 0 radical (unpaired) electrons. The Balaban J connectivity index is 1.81. The first-order valence-electron chi connectivity index (χ1n) is 8.96. The Morgan fingerprint density at radius 1 is 1.07 bits per heavy atom. The van der Waals surface area contributed by atoms with E-state index < -0.39 is 16.0 Å². The maximum absolute atomic E-state index is 12.8. The summed E-state index contributed by atoms with van der Waals surface area (Å²) in [5.74, 6) is 0.0819. The number of esters is 1. The highest BCUT2D eigenvalue weighted by atomic mass is 32.2. The average Bonchev–Trinajstić information content (AvgIpc) is 3.24. The van der Waals surface area contributed by atoms with E-state index in [1.54, 1.807) is 49.5 Å². The highest BCUT2D eigenvalue weighted by Crippen LogP contribution is 2.29. The molecule has 0 atom stereocenters. The van der Waals surface area contributed by atoms with Gasteiger partial charge < -0.3 is 14.2 Å². The second kappa shape index (κ2) is 8.87. The molecule has 0 bridgehead atoms. The molecule has 0 aliphatic rings. The molecule has 2 aromatic carbocycles.